The molecule has 0 aliphatic heterocycles. The van der Waals surface area contributed by atoms with Crippen LogP contribution in [0.5, 0.6) is 23.0 Å². The van der Waals surface area contributed by atoms with Crippen molar-refractivity contribution in [2.75, 3.05) is 34.0 Å². The molecule has 2 rings (SSSR count). The number of methoxy groups -OCH3 is 2. The van der Waals surface area contributed by atoms with Gasteiger partial charge in [0.1, 0.15) is 0 Å². The van der Waals surface area contributed by atoms with E-state index in [-0.39, 0.29) is 12.5 Å². The van der Waals surface area contributed by atoms with Crippen LogP contribution in [0.2, 0.25) is 0 Å². The highest BCUT2D eigenvalue weighted by Gasteiger charge is 2.18. The Hall–Kier alpha value is -2.92. The van der Waals surface area contributed by atoms with Crippen LogP contribution in [0.3, 0.4) is 0 Å². The van der Waals surface area contributed by atoms with Gasteiger partial charge in [0.2, 0.25) is 0 Å². The number of benzene rings is 2. The summed E-state index contributed by atoms with van der Waals surface area (Å²) in [5.41, 5.74) is 1.35. The maximum absolute atomic E-state index is 12.8. The van der Waals surface area contributed by atoms with E-state index in [2.05, 4.69) is 22.0 Å². The molecular formula is C22H25BrN2O5. The van der Waals surface area contributed by atoms with Gasteiger partial charge in [0.25, 0.3) is 5.91 Å². The van der Waals surface area contributed by atoms with Gasteiger partial charge in [-0.1, -0.05) is 6.07 Å². The summed E-state index contributed by atoms with van der Waals surface area (Å²) >= 11 is 3.39. The van der Waals surface area contributed by atoms with Gasteiger partial charge in [0.15, 0.2) is 29.6 Å². The van der Waals surface area contributed by atoms with Crippen LogP contribution in [0.1, 0.15) is 25.0 Å². The van der Waals surface area contributed by atoms with Gasteiger partial charge in [-0.15, -0.1) is 0 Å². The van der Waals surface area contributed by atoms with Gasteiger partial charge in [0, 0.05) is 19.2 Å². The Bertz CT molecular complexity index is 926. The number of carbonyl (C=O) groups excluding carboxylic acids is 1. The van der Waals surface area contributed by atoms with E-state index < -0.39 is 0 Å². The number of likely N-dealkylation sites (N-methyl/N-ethyl adjacent to an activating group) is 1. The van der Waals surface area contributed by atoms with Crippen LogP contribution in [0.4, 0.5) is 0 Å². The summed E-state index contributed by atoms with van der Waals surface area (Å²) in [5, 5.41) is 9.13. The van der Waals surface area contributed by atoms with Gasteiger partial charge in [0.05, 0.1) is 36.9 Å². The molecule has 0 N–H and O–H groups in total. The molecule has 2 aromatic carbocycles. The van der Waals surface area contributed by atoms with Crippen LogP contribution in [0.15, 0.2) is 34.8 Å². The number of rotatable bonds is 10. The molecule has 0 saturated carbocycles. The summed E-state index contributed by atoms with van der Waals surface area (Å²) in [6, 6.07) is 10.8. The average Bonchev–Trinajstić information content (AvgIpc) is 2.76. The molecule has 0 fully saturated rings. The highest BCUT2D eigenvalue weighted by Crippen LogP contribution is 2.37. The van der Waals surface area contributed by atoms with Crippen molar-refractivity contribution in [1.29, 1.82) is 5.26 Å². The van der Waals surface area contributed by atoms with Gasteiger partial charge in [-0.3, -0.25) is 4.79 Å². The second-order valence-corrected chi connectivity index (χ2v) is 7.07. The van der Waals surface area contributed by atoms with Gasteiger partial charge in [-0.25, -0.2) is 0 Å². The van der Waals surface area contributed by atoms with E-state index in [1.54, 1.807) is 31.3 Å². The van der Waals surface area contributed by atoms with Crippen LogP contribution in [0.25, 0.3) is 0 Å². The molecule has 0 heterocycles. The lowest BCUT2D eigenvalue weighted by Gasteiger charge is -2.22. The summed E-state index contributed by atoms with van der Waals surface area (Å²) in [5.74, 6) is 1.88. The van der Waals surface area contributed by atoms with Crippen LogP contribution >= 0.6 is 15.9 Å². The third-order valence-corrected chi connectivity index (χ3v) is 4.92. The first kappa shape index (κ1) is 23.4. The molecule has 0 aromatic heterocycles. The molecule has 160 valence electrons. The van der Waals surface area contributed by atoms with Crippen molar-refractivity contribution in [1.82, 2.24) is 4.90 Å². The van der Waals surface area contributed by atoms with E-state index in [9.17, 15) is 4.79 Å². The third kappa shape index (κ3) is 5.80. The molecule has 2 aromatic rings. The second kappa shape index (κ2) is 11.3. The molecule has 0 saturated heterocycles. The Kier molecular flexibility index (Phi) is 8.81. The van der Waals surface area contributed by atoms with E-state index in [1.807, 2.05) is 32.0 Å². The molecule has 0 bridgehead atoms. The highest BCUT2D eigenvalue weighted by molar-refractivity contribution is 9.10. The summed E-state index contributed by atoms with van der Waals surface area (Å²) in [4.78, 5) is 14.4. The molecule has 0 aliphatic carbocycles. The maximum Gasteiger partial charge on any atom is 0.260 e. The lowest BCUT2D eigenvalue weighted by atomic mass is 10.2. The van der Waals surface area contributed by atoms with Crippen molar-refractivity contribution in [3.63, 3.8) is 0 Å². The Balaban J connectivity index is 2.12. The van der Waals surface area contributed by atoms with Crippen LogP contribution < -0.4 is 18.9 Å². The first-order valence-corrected chi connectivity index (χ1v) is 10.2. The largest absolute Gasteiger partial charge is 0.493 e. The quantitative estimate of drug-likeness (QED) is 0.511. The standard InChI is InChI=1S/C22H25BrN2O5/c1-5-25(13-15-7-8-18(27-3)19(10-15)28-4)21(26)14-30-22-17(23)9-16(12-24)11-20(22)29-6-2/h7-11H,5-6,13-14H2,1-4H3. The highest BCUT2D eigenvalue weighted by atomic mass is 79.9. The Morgan fingerprint density at radius 1 is 1.07 bits per heavy atom. The summed E-state index contributed by atoms with van der Waals surface area (Å²) < 4.78 is 22.5. The van der Waals surface area contributed by atoms with Gasteiger partial charge in [-0.2, -0.15) is 5.26 Å². The average molecular weight is 477 g/mol. The van der Waals surface area contributed by atoms with E-state index >= 15 is 0 Å². The second-order valence-electron chi connectivity index (χ2n) is 6.22. The first-order chi connectivity index (χ1) is 14.5. The third-order valence-electron chi connectivity index (χ3n) is 4.33. The van der Waals surface area contributed by atoms with Crippen LogP contribution in [-0.2, 0) is 11.3 Å². The molecule has 1 amide bonds. The minimum Gasteiger partial charge on any atom is -0.493 e. The van der Waals surface area contributed by atoms with Gasteiger partial charge < -0.3 is 23.8 Å². The van der Waals surface area contributed by atoms with Gasteiger partial charge >= 0.3 is 0 Å². The summed E-state index contributed by atoms with van der Waals surface area (Å²) in [7, 11) is 3.15. The van der Waals surface area contributed by atoms with Crippen molar-refractivity contribution in [2.24, 2.45) is 0 Å². The van der Waals surface area contributed by atoms with Crippen molar-refractivity contribution < 1.29 is 23.7 Å². The zero-order valence-electron chi connectivity index (χ0n) is 17.5. The Morgan fingerprint density at radius 2 is 1.80 bits per heavy atom. The molecule has 0 spiro atoms. The van der Waals surface area contributed by atoms with E-state index in [4.69, 9.17) is 24.2 Å². The number of amides is 1. The molecular weight excluding hydrogens is 452 g/mol. The zero-order chi connectivity index (χ0) is 22.1. The number of hydrogen-bond donors (Lipinski definition) is 0. The van der Waals surface area contributed by atoms with Crippen molar-refractivity contribution in [2.45, 2.75) is 20.4 Å². The fourth-order valence-corrected chi connectivity index (χ4v) is 3.39. The molecule has 7 nitrogen and oxygen atoms in total. The SMILES string of the molecule is CCOc1cc(C#N)cc(Br)c1OCC(=O)N(CC)Cc1ccc(OC)c(OC)c1. The Morgan fingerprint density at radius 3 is 2.40 bits per heavy atom. The number of carbonyl (C=O) groups is 1. The molecule has 0 aliphatic rings. The fourth-order valence-electron chi connectivity index (χ4n) is 2.84. The Labute approximate surface area is 185 Å². The van der Waals surface area contributed by atoms with Crippen molar-refractivity contribution in [3.05, 3.63) is 45.9 Å². The number of hydrogen-bond acceptors (Lipinski definition) is 6. The number of halogens is 1. The molecule has 0 atom stereocenters. The lowest BCUT2D eigenvalue weighted by molar-refractivity contribution is -0.133. The lowest BCUT2D eigenvalue weighted by Crippen LogP contribution is -2.34. The van der Waals surface area contributed by atoms with Crippen LogP contribution in [0, 0.1) is 11.3 Å². The minimum atomic E-state index is -0.175. The number of nitriles is 1. The predicted octanol–water partition coefficient (Wildman–Crippen LogP) is 4.16. The summed E-state index contributed by atoms with van der Waals surface area (Å²) in [6.07, 6.45) is 0. The molecule has 0 radical (unpaired) electrons. The van der Waals surface area contributed by atoms with E-state index in [0.717, 1.165) is 5.56 Å². The fraction of sp³-hybridized carbons (Fsp3) is 0.364. The molecule has 0 unspecified atom stereocenters. The van der Waals surface area contributed by atoms with Crippen molar-refractivity contribution in [3.8, 4) is 29.1 Å². The molecule has 30 heavy (non-hydrogen) atoms. The van der Waals surface area contributed by atoms with E-state index in [0.29, 0.717) is 52.7 Å². The van der Waals surface area contributed by atoms with Gasteiger partial charge in [-0.05, 0) is 53.5 Å². The monoisotopic (exact) mass is 476 g/mol. The van der Waals surface area contributed by atoms with Crippen LogP contribution in [-0.4, -0.2) is 44.8 Å². The topological polar surface area (TPSA) is 81.0 Å². The molecule has 8 heteroatoms. The zero-order valence-corrected chi connectivity index (χ0v) is 19.1. The predicted molar refractivity (Wildman–Crippen MR) is 116 cm³/mol. The number of ether oxygens (including phenoxy) is 4. The normalized spacial score (nSPS) is 10.1. The smallest absolute Gasteiger partial charge is 0.260 e. The maximum atomic E-state index is 12.8. The van der Waals surface area contributed by atoms with Crippen molar-refractivity contribution >= 4 is 21.8 Å². The van der Waals surface area contributed by atoms with E-state index in [1.165, 1.54) is 0 Å². The minimum absolute atomic E-state index is 0.161. The summed E-state index contributed by atoms with van der Waals surface area (Å²) in [6.45, 7) is 4.92. The first-order valence-electron chi connectivity index (χ1n) is 9.45. The number of nitrogens with zero attached hydrogens (tertiary/aromatic N) is 2.